The smallest absolute Gasteiger partial charge is 0.0246 e. The van der Waals surface area contributed by atoms with Gasteiger partial charge in [0, 0.05) is 24.2 Å². The Kier molecular flexibility index (Phi) is 6.13. The van der Waals surface area contributed by atoms with Crippen LogP contribution in [-0.2, 0) is 0 Å². The average molecular weight is 254 g/mol. The van der Waals surface area contributed by atoms with Crippen molar-refractivity contribution in [2.75, 3.05) is 13.1 Å². The fourth-order valence-electron chi connectivity index (χ4n) is 2.51. The summed E-state index contributed by atoms with van der Waals surface area (Å²) in [6.45, 7) is 16.2. The number of nitrogens with one attached hydrogen (secondary N) is 1. The van der Waals surface area contributed by atoms with E-state index in [0.29, 0.717) is 6.04 Å². The first-order valence-corrected chi connectivity index (χ1v) is 7.86. The summed E-state index contributed by atoms with van der Waals surface area (Å²) in [5.74, 6) is 0.734. The first kappa shape index (κ1) is 16.0. The van der Waals surface area contributed by atoms with Crippen molar-refractivity contribution >= 4 is 0 Å². The summed E-state index contributed by atoms with van der Waals surface area (Å²) < 4.78 is 0. The minimum absolute atomic E-state index is 0.229. The van der Waals surface area contributed by atoms with Crippen molar-refractivity contribution < 1.29 is 0 Å². The normalized spacial score (nSPS) is 18.7. The van der Waals surface area contributed by atoms with Crippen LogP contribution in [0.5, 0.6) is 0 Å². The third-order valence-electron chi connectivity index (χ3n) is 3.82. The van der Waals surface area contributed by atoms with Crippen molar-refractivity contribution in [3.8, 4) is 0 Å². The topological polar surface area (TPSA) is 15.3 Å². The van der Waals surface area contributed by atoms with E-state index in [1.54, 1.807) is 0 Å². The van der Waals surface area contributed by atoms with Gasteiger partial charge in [-0.25, -0.2) is 0 Å². The summed E-state index contributed by atoms with van der Waals surface area (Å²) >= 11 is 0. The van der Waals surface area contributed by atoms with Gasteiger partial charge in [-0.2, -0.15) is 0 Å². The van der Waals surface area contributed by atoms with Gasteiger partial charge in [0.2, 0.25) is 0 Å². The van der Waals surface area contributed by atoms with Gasteiger partial charge in [0.1, 0.15) is 0 Å². The van der Waals surface area contributed by atoms with E-state index in [1.165, 1.54) is 32.2 Å². The molecular weight excluding hydrogens is 220 g/mol. The molecule has 0 aromatic carbocycles. The second-order valence-electron chi connectivity index (χ2n) is 7.26. The van der Waals surface area contributed by atoms with E-state index in [0.717, 1.165) is 18.5 Å². The molecule has 0 aromatic rings. The Morgan fingerprint density at radius 1 is 1.22 bits per heavy atom. The molecule has 0 radical (unpaired) electrons. The third-order valence-corrected chi connectivity index (χ3v) is 3.82. The van der Waals surface area contributed by atoms with Crippen molar-refractivity contribution in [1.82, 2.24) is 10.2 Å². The maximum Gasteiger partial charge on any atom is 0.0246 e. The standard InChI is InChI=1S/C16H34N2/c1-7-8-11-18(14-9-10-14)15(13(2)3)12-17-16(4,5)6/h13-15,17H,7-12H2,1-6H3. The van der Waals surface area contributed by atoms with Crippen LogP contribution in [0, 0.1) is 5.92 Å². The van der Waals surface area contributed by atoms with Crippen molar-refractivity contribution in [2.24, 2.45) is 5.92 Å². The van der Waals surface area contributed by atoms with Gasteiger partial charge in [-0.05, 0) is 52.5 Å². The van der Waals surface area contributed by atoms with Gasteiger partial charge in [0.05, 0.1) is 0 Å². The summed E-state index contributed by atoms with van der Waals surface area (Å²) in [4.78, 5) is 2.78. The predicted octanol–water partition coefficient (Wildman–Crippen LogP) is 3.66. The molecule has 0 aromatic heterocycles. The minimum atomic E-state index is 0.229. The quantitative estimate of drug-likeness (QED) is 0.711. The zero-order valence-electron chi connectivity index (χ0n) is 13.4. The molecule has 1 rings (SSSR count). The van der Waals surface area contributed by atoms with Gasteiger partial charge >= 0.3 is 0 Å². The van der Waals surface area contributed by atoms with E-state index in [-0.39, 0.29) is 5.54 Å². The number of hydrogen-bond acceptors (Lipinski definition) is 2. The largest absolute Gasteiger partial charge is 0.311 e. The molecule has 0 amide bonds. The molecule has 0 spiro atoms. The molecule has 1 aliphatic carbocycles. The third kappa shape index (κ3) is 5.71. The highest BCUT2D eigenvalue weighted by Gasteiger charge is 2.34. The van der Waals surface area contributed by atoms with Gasteiger partial charge in [0.25, 0.3) is 0 Å². The van der Waals surface area contributed by atoms with E-state index in [4.69, 9.17) is 0 Å². The van der Waals surface area contributed by atoms with Crippen LogP contribution >= 0.6 is 0 Å². The molecule has 0 aliphatic heterocycles. The molecule has 18 heavy (non-hydrogen) atoms. The SMILES string of the molecule is CCCCN(C1CC1)C(CNC(C)(C)C)C(C)C. The molecule has 0 bridgehead atoms. The fraction of sp³-hybridized carbons (Fsp3) is 1.00. The van der Waals surface area contributed by atoms with Crippen molar-refractivity contribution in [2.45, 2.75) is 84.8 Å². The first-order valence-electron chi connectivity index (χ1n) is 7.86. The Morgan fingerprint density at radius 3 is 2.22 bits per heavy atom. The van der Waals surface area contributed by atoms with Gasteiger partial charge in [0.15, 0.2) is 0 Å². The molecular formula is C16H34N2. The van der Waals surface area contributed by atoms with E-state index in [2.05, 4.69) is 51.8 Å². The van der Waals surface area contributed by atoms with Gasteiger partial charge in [-0.15, -0.1) is 0 Å². The summed E-state index contributed by atoms with van der Waals surface area (Å²) in [6.07, 6.45) is 5.49. The Morgan fingerprint density at radius 2 is 1.83 bits per heavy atom. The fourth-order valence-corrected chi connectivity index (χ4v) is 2.51. The Hall–Kier alpha value is -0.0800. The molecule has 0 saturated heterocycles. The van der Waals surface area contributed by atoms with Gasteiger partial charge < -0.3 is 5.32 Å². The highest BCUT2D eigenvalue weighted by Crippen LogP contribution is 2.31. The maximum absolute atomic E-state index is 3.70. The number of nitrogens with zero attached hydrogens (tertiary/aromatic N) is 1. The molecule has 1 fully saturated rings. The second-order valence-corrected chi connectivity index (χ2v) is 7.26. The molecule has 2 nitrogen and oxygen atoms in total. The van der Waals surface area contributed by atoms with Crippen LogP contribution in [0.2, 0.25) is 0 Å². The Balaban J connectivity index is 2.56. The number of hydrogen-bond donors (Lipinski definition) is 1. The minimum Gasteiger partial charge on any atom is -0.311 e. The average Bonchev–Trinajstić information content (AvgIpc) is 3.04. The van der Waals surface area contributed by atoms with Crippen LogP contribution in [0.15, 0.2) is 0 Å². The van der Waals surface area contributed by atoms with Crippen molar-refractivity contribution in [3.63, 3.8) is 0 Å². The van der Waals surface area contributed by atoms with Crippen LogP contribution in [0.4, 0.5) is 0 Å². The van der Waals surface area contributed by atoms with Crippen LogP contribution in [-0.4, -0.2) is 35.6 Å². The molecule has 0 heterocycles. The lowest BCUT2D eigenvalue weighted by Gasteiger charge is -2.37. The van der Waals surface area contributed by atoms with E-state index < -0.39 is 0 Å². The summed E-state index contributed by atoms with van der Waals surface area (Å²) in [5, 5.41) is 3.70. The molecule has 1 N–H and O–H groups in total. The lowest BCUT2D eigenvalue weighted by Crippen LogP contribution is -2.51. The predicted molar refractivity (Wildman–Crippen MR) is 81.0 cm³/mol. The highest BCUT2D eigenvalue weighted by atomic mass is 15.2. The lowest BCUT2D eigenvalue weighted by molar-refractivity contribution is 0.133. The Labute approximate surface area is 115 Å². The van der Waals surface area contributed by atoms with Crippen LogP contribution in [0.1, 0.15) is 67.2 Å². The maximum atomic E-state index is 3.70. The van der Waals surface area contributed by atoms with E-state index in [1.807, 2.05) is 0 Å². The summed E-state index contributed by atoms with van der Waals surface area (Å²) in [6, 6.07) is 1.58. The van der Waals surface area contributed by atoms with E-state index >= 15 is 0 Å². The van der Waals surface area contributed by atoms with Crippen LogP contribution in [0.25, 0.3) is 0 Å². The van der Waals surface area contributed by atoms with Crippen LogP contribution < -0.4 is 5.32 Å². The number of rotatable bonds is 8. The van der Waals surface area contributed by atoms with Crippen LogP contribution in [0.3, 0.4) is 0 Å². The number of unbranched alkanes of at least 4 members (excludes halogenated alkanes) is 1. The molecule has 2 heteroatoms. The van der Waals surface area contributed by atoms with Gasteiger partial charge in [-0.1, -0.05) is 27.2 Å². The zero-order chi connectivity index (χ0) is 13.8. The van der Waals surface area contributed by atoms with Crippen molar-refractivity contribution in [1.29, 1.82) is 0 Å². The highest BCUT2D eigenvalue weighted by molar-refractivity contribution is 4.91. The summed E-state index contributed by atoms with van der Waals surface area (Å²) in [7, 11) is 0. The van der Waals surface area contributed by atoms with Crippen molar-refractivity contribution in [3.05, 3.63) is 0 Å². The van der Waals surface area contributed by atoms with Gasteiger partial charge in [-0.3, -0.25) is 4.90 Å². The second kappa shape index (κ2) is 6.91. The molecule has 1 atom stereocenters. The molecule has 1 saturated carbocycles. The summed E-state index contributed by atoms with van der Waals surface area (Å²) in [5.41, 5.74) is 0.229. The van der Waals surface area contributed by atoms with E-state index in [9.17, 15) is 0 Å². The molecule has 108 valence electrons. The zero-order valence-corrected chi connectivity index (χ0v) is 13.4. The monoisotopic (exact) mass is 254 g/mol. The first-order chi connectivity index (χ1) is 8.35. The molecule has 1 aliphatic rings. The Bertz CT molecular complexity index is 226. The molecule has 1 unspecified atom stereocenters. The lowest BCUT2D eigenvalue weighted by atomic mass is 9.99.